The molecule has 1 aliphatic heterocycles. The number of hydrogen-bond acceptors (Lipinski definition) is 4. The molecule has 0 atom stereocenters. The van der Waals surface area contributed by atoms with Crippen LogP contribution in [0.1, 0.15) is 27.3 Å². The Morgan fingerprint density at radius 1 is 0.973 bits per heavy atom. The van der Waals surface area contributed by atoms with E-state index in [-0.39, 0.29) is 30.1 Å². The molecule has 1 aromatic heterocycles. The zero-order valence-corrected chi connectivity index (χ0v) is 20.8. The molecule has 0 fully saturated rings. The lowest BCUT2D eigenvalue weighted by Gasteiger charge is -2.28. The Hall–Kier alpha value is -3.89. The number of amides is 1. The Morgan fingerprint density at radius 3 is 2.35 bits per heavy atom. The summed E-state index contributed by atoms with van der Waals surface area (Å²) in [6.07, 6.45) is 0.422. The maximum atomic E-state index is 14.5. The van der Waals surface area contributed by atoms with Gasteiger partial charge >= 0.3 is 0 Å². The predicted molar refractivity (Wildman–Crippen MR) is 134 cm³/mol. The van der Waals surface area contributed by atoms with Gasteiger partial charge in [0.2, 0.25) is 10.0 Å². The number of anilines is 1. The van der Waals surface area contributed by atoms with E-state index in [2.05, 4.69) is 5.10 Å². The molecule has 37 heavy (non-hydrogen) atoms. The summed E-state index contributed by atoms with van der Waals surface area (Å²) in [6.45, 7) is 0.307. The van der Waals surface area contributed by atoms with Gasteiger partial charge in [-0.25, -0.2) is 17.2 Å². The third kappa shape index (κ3) is 4.77. The van der Waals surface area contributed by atoms with Gasteiger partial charge in [0, 0.05) is 43.5 Å². The molecule has 0 bridgehead atoms. The largest absolute Gasteiger partial charge is 0.302 e. The fraction of sp³-hybridized carbons (Fsp3) is 0.185. The minimum atomic E-state index is -3.88. The normalized spacial score (nSPS) is 13.8. The highest BCUT2D eigenvalue weighted by molar-refractivity contribution is 7.89. The summed E-state index contributed by atoms with van der Waals surface area (Å²) in [6, 6.07) is 19.4. The quantitative estimate of drug-likeness (QED) is 0.379. The summed E-state index contributed by atoms with van der Waals surface area (Å²) in [4.78, 5) is 14.9. The van der Waals surface area contributed by atoms with Crippen LogP contribution in [0.3, 0.4) is 0 Å². The molecule has 0 aliphatic carbocycles. The minimum Gasteiger partial charge on any atom is -0.302 e. The Balaban J connectivity index is 1.50. The minimum absolute atomic E-state index is 0.00318. The summed E-state index contributed by atoms with van der Waals surface area (Å²) >= 11 is 0. The van der Waals surface area contributed by atoms with Gasteiger partial charge in [0.25, 0.3) is 5.91 Å². The fourth-order valence-electron chi connectivity index (χ4n) is 4.55. The number of para-hydroxylation sites is 1. The number of sulfonamides is 1. The van der Waals surface area contributed by atoms with Gasteiger partial charge in [0.15, 0.2) is 0 Å². The Bertz CT molecular complexity index is 1550. The highest BCUT2D eigenvalue weighted by Gasteiger charge is 2.33. The van der Waals surface area contributed by atoms with Crippen LogP contribution in [-0.4, -0.2) is 35.0 Å². The van der Waals surface area contributed by atoms with Crippen LogP contribution in [0.25, 0.3) is 0 Å². The fourth-order valence-corrected chi connectivity index (χ4v) is 5.96. The van der Waals surface area contributed by atoms with Crippen LogP contribution in [0.2, 0.25) is 0 Å². The Morgan fingerprint density at radius 2 is 1.65 bits per heavy atom. The highest BCUT2D eigenvalue weighted by atomic mass is 32.2. The van der Waals surface area contributed by atoms with Crippen LogP contribution in [0, 0.1) is 11.6 Å². The lowest BCUT2D eigenvalue weighted by molar-refractivity contribution is 0.0980. The van der Waals surface area contributed by atoms with Crippen molar-refractivity contribution in [3.05, 3.63) is 113 Å². The van der Waals surface area contributed by atoms with Gasteiger partial charge in [-0.3, -0.25) is 9.48 Å². The number of aryl methyl sites for hydroxylation is 1. The lowest BCUT2D eigenvalue weighted by Crippen LogP contribution is -2.37. The molecule has 0 saturated carbocycles. The molecule has 0 spiro atoms. The lowest BCUT2D eigenvalue weighted by atomic mass is 10.1. The van der Waals surface area contributed by atoms with E-state index < -0.39 is 27.6 Å². The molecule has 4 aromatic rings. The molecule has 0 N–H and O–H groups in total. The van der Waals surface area contributed by atoms with Gasteiger partial charge in [0.05, 0.1) is 22.7 Å². The third-order valence-electron chi connectivity index (χ3n) is 6.47. The number of halogens is 2. The van der Waals surface area contributed by atoms with Crippen LogP contribution in [0.4, 0.5) is 14.5 Å². The van der Waals surface area contributed by atoms with Crippen molar-refractivity contribution in [1.29, 1.82) is 0 Å². The van der Waals surface area contributed by atoms with Crippen molar-refractivity contribution in [2.24, 2.45) is 7.05 Å². The van der Waals surface area contributed by atoms with Crippen molar-refractivity contribution < 1.29 is 22.0 Å². The van der Waals surface area contributed by atoms with E-state index in [1.165, 1.54) is 39.5 Å². The molecule has 5 rings (SSSR count). The number of nitrogens with zero attached hydrogens (tertiary/aromatic N) is 4. The summed E-state index contributed by atoms with van der Waals surface area (Å²) in [5.41, 5.74) is 2.57. The van der Waals surface area contributed by atoms with Gasteiger partial charge in [-0.2, -0.15) is 9.40 Å². The third-order valence-corrected chi connectivity index (χ3v) is 8.33. The molecule has 0 saturated heterocycles. The Labute approximate surface area is 213 Å². The van der Waals surface area contributed by atoms with E-state index in [1.54, 1.807) is 42.1 Å². The first kappa shape index (κ1) is 24.8. The molecular weight excluding hydrogens is 498 g/mol. The first-order valence-electron chi connectivity index (χ1n) is 11.7. The zero-order chi connectivity index (χ0) is 26.2. The van der Waals surface area contributed by atoms with Crippen molar-refractivity contribution in [2.75, 3.05) is 11.4 Å². The summed E-state index contributed by atoms with van der Waals surface area (Å²) in [5, 5.41) is 4.61. The molecule has 1 aliphatic rings. The smallest absolute Gasteiger partial charge is 0.261 e. The van der Waals surface area contributed by atoms with Gasteiger partial charge < -0.3 is 4.90 Å². The average molecular weight is 523 g/mol. The van der Waals surface area contributed by atoms with E-state index in [1.807, 2.05) is 6.07 Å². The molecule has 2 heterocycles. The van der Waals surface area contributed by atoms with E-state index in [9.17, 15) is 22.0 Å². The van der Waals surface area contributed by atoms with Gasteiger partial charge in [-0.1, -0.05) is 30.3 Å². The SMILES string of the molecule is Cn1nc(CN(C(=O)c2ccccc2F)c2ccccc2)c2c1CCN(S(=O)(=O)c1ccc(F)cc1)C2. The molecule has 190 valence electrons. The standard InChI is InChI=1S/C27H24F2N4O3S/c1-31-26-15-16-32(37(35,36)21-13-11-19(28)12-14-21)17-23(26)25(30-31)18-33(20-7-3-2-4-8-20)27(34)22-9-5-6-10-24(22)29/h2-14H,15-18H2,1H3. The number of fused-ring (bicyclic) bond motifs is 1. The van der Waals surface area contributed by atoms with Crippen LogP contribution in [0.15, 0.2) is 83.8 Å². The molecule has 7 nitrogen and oxygen atoms in total. The maximum Gasteiger partial charge on any atom is 0.261 e. The summed E-state index contributed by atoms with van der Waals surface area (Å²) < 4.78 is 57.5. The topological polar surface area (TPSA) is 75.5 Å². The van der Waals surface area contributed by atoms with Crippen LogP contribution in [0.5, 0.6) is 0 Å². The van der Waals surface area contributed by atoms with E-state index in [0.717, 1.165) is 17.8 Å². The number of aromatic nitrogens is 2. The summed E-state index contributed by atoms with van der Waals surface area (Å²) in [7, 11) is -2.10. The highest BCUT2D eigenvalue weighted by Crippen LogP contribution is 2.29. The Kier molecular flexibility index (Phi) is 6.61. The summed E-state index contributed by atoms with van der Waals surface area (Å²) in [5.74, 6) is -1.68. The van der Waals surface area contributed by atoms with Gasteiger partial charge in [-0.05, 0) is 48.5 Å². The molecular formula is C27H24F2N4O3S. The number of carbonyl (C=O) groups excluding carboxylic acids is 1. The van der Waals surface area contributed by atoms with Crippen LogP contribution < -0.4 is 4.90 Å². The maximum absolute atomic E-state index is 14.5. The second-order valence-electron chi connectivity index (χ2n) is 8.74. The van der Waals surface area contributed by atoms with Crippen molar-refractivity contribution in [3.63, 3.8) is 0 Å². The van der Waals surface area contributed by atoms with E-state index >= 15 is 0 Å². The monoisotopic (exact) mass is 522 g/mol. The average Bonchev–Trinajstić information content (AvgIpc) is 3.22. The van der Waals surface area contributed by atoms with Crippen LogP contribution >= 0.6 is 0 Å². The molecule has 0 radical (unpaired) electrons. The van der Waals surface area contributed by atoms with Gasteiger partial charge in [0.1, 0.15) is 11.6 Å². The predicted octanol–water partition coefficient (Wildman–Crippen LogP) is 4.29. The van der Waals surface area contributed by atoms with Crippen molar-refractivity contribution in [2.45, 2.75) is 24.4 Å². The number of carbonyl (C=O) groups is 1. The number of rotatable bonds is 6. The number of benzene rings is 3. The molecule has 10 heteroatoms. The molecule has 3 aromatic carbocycles. The first-order chi connectivity index (χ1) is 17.8. The number of hydrogen-bond donors (Lipinski definition) is 0. The second kappa shape index (κ2) is 9.87. The van der Waals surface area contributed by atoms with E-state index in [4.69, 9.17) is 0 Å². The van der Waals surface area contributed by atoms with Crippen molar-refractivity contribution in [3.8, 4) is 0 Å². The second-order valence-corrected chi connectivity index (χ2v) is 10.7. The molecule has 1 amide bonds. The van der Waals surface area contributed by atoms with Crippen molar-refractivity contribution in [1.82, 2.24) is 14.1 Å². The van der Waals surface area contributed by atoms with Crippen LogP contribution in [-0.2, 0) is 36.6 Å². The zero-order valence-electron chi connectivity index (χ0n) is 20.0. The van der Waals surface area contributed by atoms with E-state index in [0.29, 0.717) is 23.4 Å². The first-order valence-corrected chi connectivity index (χ1v) is 13.1. The van der Waals surface area contributed by atoms with Crippen molar-refractivity contribution >= 4 is 21.6 Å². The van der Waals surface area contributed by atoms with Gasteiger partial charge in [-0.15, -0.1) is 0 Å². The molecule has 0 unspecified atom stereocenters.